The third-order valence-electron chi connectivity index (χ3n) is 4.83. The van der Waals surface area contributed by atoms with Crippen molar-refractivity contribution in [1.82, 2.24) is 5.32 Å². The number of piperidine rings is 1. The lowest BCUT2D eigenvalue weighted by atomic mass is 9.94. The summed E-state index contributed by atoms with van der Waals surface area (Å²) in [5.74, 6) is 0.451. The van der Waals surface area contributed by atoms with Crippen molar-refractivity contribution in [2.75, 3.05) is 13.1 Å². The van der Waals surface area contributed by atoms with Gasteiger partial charge in [0.2, 0.25) is 0 Å². The van der Waals surface area contributed by atoms with Crippen LogP contribution in [0.25, 0.3) is 12.2 Å². The van der Waals surface area contributed by atoms with Gasteiger partial charge in [-0.3, -0.25) is 4.79 Å². The molecule has 1 saturated heterocycles. The molecule has 1 aliphatic heterocycles. The molecule has 2 aromatic rings. The summed E-state index contributed by atoms with van der Waals surface area (Å²) < 4.78 is 0. The number of allylic oxidation sites excluding steroid dienone is 2. The zero-order valence-electron chi connectivity index (χ0n) is 16.3. The smallest absolute Gasteiger partial charge is 0.187 e. The minimum absolute atomic E-state index is 0.000409. The monoisotopic (exact) mass is 387 g/mol. The molecular weight excluding hydrogens is 362 g/mol. The Kier molecular flexibility index (Phi) is 6.47. The molecule has 0 aromatic heterocycles. The van der Waals surface area contributed by atoms with Crippen LogP contribution < -0.4 is 5.32 Å². The molecule has 0 aliphatic carbocycles. The van der Waals surface area contributed by atoms with Crippen molar-refractivity contribution in [2.24, 2.45) is 0 Å². The Balaban J connectivity index is 1.89. The first-order valence-corrected chi connectivity index (χ1v) is 9.54. The fourth-order valence-corrected chi connectivity index (χ4v) is 3.36. The van der Waals surface area contributed by atoms with Gasteiger partial charge in [-0.25, -0.2) is 0 Å². The van der Waals surface area contributed by atoms with Crippen LogP contribution in [0.15, 0.2) is 72.9 Å². The van der Waals surface area contributed by atoms with Gasteiger partial charge in [0, 0.05) is 24.2 Å². The van der Waals surface area contributed by atoms with Crippen LogP contribution in [0, 0.1) is 0 Å². The standard InChI is InChI=1S/C25H25NO3/c1-3-5-19-11-17(7-9-23(19)27)13-21-15-26-16-22(25(21)29)14-18-8-10-24(28)20(12-18)6-4-2/h3-4,7-14,26-28H,1-2,5-6,15-16H2/b21-13+,22-14+. The molecule has 1 heterocycles. The molecule has 0 radical (unpaired) electrons. The van der Waals surface area contributed by atoms with Crippen LogP contribution in [0.4, 0.5) is 0 Å². The lowest BCUT2D eigenvalue weighted by Gasteiger charge is -2.18. The molecule has 1 fully saturated rings. The molecule has 3 N–H and O–H groups in total. The van der Waals surface area contributed by atoms with E-state index in [1.165, 1.54) is 0 Å². The number of aromatic hydroxyl groups is 2. The summed E-state index contributed by atoms with van der Waals surface area (Å²) in [5, 5.41) is 23.1. The van der Waals surface area contributed by atoms with E-state index in [1.807, 2.05) is 24.3 Å². The zero-order valence-corrected chi connectivity index (χ0v) is 16.3. The number of phenols is 2. The first kappa shape index (κ1) is 20.4. The number of ketones is 1. The molecule has 4 heteroatoms. The van der Waals surface area contributed by atoms with Crippen LogP contribution in [0.5, 0.6) is 11.5 Å². The Bertz CT molecular complexity index is 935. The van der Waals surface area contributed by atoms with Crippen molar-refractivity contribution >= 4 is 17.9 Å². The third kappa shape index (κ3) is 4.92. The number of carbonyl (C=O) groups excluding carboxylic acids is 1. The maximum atomic E-state index is 13.0. The quantitative estimate of drug-likeness (QED) is 0.513. The first-order chi connectivity index (χ1) is 14.0. The number of phenolic OH excluding ortho intramolecular Hbond substituents is 2. The van der Waals surface area contributed by atoms with Crippen molar-refractivity contribution < 1.29 is 15.0 Å². The molecule has 1 aliphatic rings. The molecule has 0 atom stereocenters. The van der Waals surface area contributed by atoms with Crippen LogP contribution in [-0.2, 0) is 17.6 Å². The van der Waals surface area contributed by atoms with Gasteiger partial charge in [-0.05, 0) is 71.5 Å². The maximum absolute atomic E-state index is 13.0. The van der Waals surface area contributed by atoms with Gasteiger partial charge in [0.1, 0.15) is 11.5 Å². The van der Waals surface area contributed by atoms with Gasteiger partial charge in [0.25, 0.3) is 0 Å². The summed E-state index contributed by atoms with van der Waals surface area (Å²) in [5.41, 5.74) is 4.62. The molecule has 2 aromatic carbocycles. The Morgan fingerprint density at radius 2 is 1.28 bits per heavy atom. The SMILES string of the molecule is C=CCc1cc(/C=C2\CNC/C(=C\c3ccc(O)c(CC=C)c3)C2=O)ccc1O. The van der Waals surface area contributed by atoms with Gasteiger partial charge in [-0.2, -0.15) is 0 Å². The van der Waals surface area contributed by atoms with Gasteiger partial charge in [-0.15, -0.1) is 13.2 Å². The normalized spacial score (nSPS) is 16.9. The van der Waals surface area contributed by atoms with E-state index in [-0.39, 0.29) is 17.3 Å². The topological polar surface area (TPSA) is 69.6 Å². The molecular formula is C25H25NO3. The molecule has 148 valence electrons. The van der Waals surface area contributed by atoms with E-state index >= 15 is 0 Å². The second kappa shape index (κ2) is 9.22. The van der Waals surface area contributed by atoms with Crippen LogP contribution >= 0.6 is 0 Å². The van der Waals surface area contributed by atoms with E-state index in [4.69, 9.17) is 0 Å². The number of carbonyl (C=O) groups is 1. The average molecular weight is 387 g/mol. The molecule has 3 rings (SSSR count). The maximum Gasteiger partial charge on any atom is 0.187 e. The van der Waals surface area contributed by atoms with E-state index in [0.717, 1.165) is 22.3 Å². The minimum atomic E-state index is 0.000409. The Morgan fingerprint density at radius 3 is 1.69 bits per heavy atom. The van der Waals surface area contributed by atoms with Crippen molar-refractivity contribution in [3.05, 3.63) is 95.1 Å². The van der Waals surface area contributed by atoms with Crippen LogP contribution in [0.2, 0.25) is 0 Å². The number of Topliss-reactive ketones (excluding diaryl/α,β-unsaturated/α-hetero) is 1. The second-order valence-electron chi connectivity index (χ2n) is 7.03. The summed E-state index contributed by atoms with van der Waals surface area (Å²) in [6.45, 7) is 8.40. The Morgan fingerprint density at radius 1 is 0.828 bits per heavy atom. The number of hydrogen-bond acceptors (Lipinski definition) is 4. The highest BCUT2D eigenvalue weighted by Crippen LogP contribution is 2.24. The highest BCUT2D eigenvalue weighted by Gasteiger charge is 2.20. The summed E-state index contributed by atoms with van der Waals surface area (Å²) in [6.07, 6.45) is 8.31. The van der Waals surface area contributed by atoms with E-state index in [2.05, 4.69) is 18.5 Å². The summed E-state index contributed by atoms with van der Waals surface area (Å²) >= 11 is 0. The summed E-state index contributed by atoms with van der Waals surface area (Å²) in [7, 11) is 0. The zero-order chi connectivity index (χ0) is 20.8. The molecule has 0 spiro atoms. The highest BCUT2D eigenvalue weighted by molar-refractivity contribution is 6.14. The van der Waals surface area contributed by atoms with Gasteiger partial charge >= 0.3 is 0 Å². The second-order valence-corrected chi connectivity index (χ2v) is 7.03. The van der Waals surface area contributed by atoms with E-state index in [1.54, 1.807) is 36.4 Å². The minimum Gasteiger partial charge on any atom is -0.508 e. The van der Waals surface area contributed by atoms with E-state index in [0.29, 0.717) is 37.1 Å². The van der Waals surface area contributed by atoms with Crippen molar-refractivity contribution in [3.8, 4) is 11.5 Å². The fourth-order valence-electron chi connectivity index (χ4n) is 3.36. The molecule has 0 amide bonds. The van der Waals surface area contributed by atoms with Crippen molar-refractivity contribution in [2.45, 2.75) is 12.8 Å². The average Bonchev–Trinajstić information content (AvgIpc) is 2.70. The van der Waals surface area contributed by atoms with E-state index < -0.39 is 0 Å². The largest absolute Gasteiger partial charge is 0.508 e. The number of rotatable bonds is 6. The van der Waals surface area contributed by atoms with Gasteiger partial charge in [-0.1, -0.05) is 24.3 Å². The van der Waals surface area contributed by atoms with Crippen LogP contribution in [0.3, 0.4) is 0 Å². The first-order valence-electron chi connectivity index (χ1n) is 9.54. The van der Waals surface area contributed by atoms with Crippen molar-refractivity contribution in [3.63, 3.8) is 0 Å². The summed E-state index contributed by atoms with van der Waals surface area (Å²) in [6, 6.07) is 10.6. The van der Waals surface area contributed by atoms with Crippen LogP contribution in [-0.4, -0.2) is 29.1 Å². The highest BCUT2D eigenvalue weighted by atomic mass is 16.3. The number of benzene rings is 2. The van der Waals surface area contributed by atoms with Gasteiger partial charge in [0.05, 0.1) is 0 Å². The van der Waals surface area contributed by atoms with E-state index in [9.17, 15) is 15.0 Å². The predicted octanol–water partition coefficient (Wildman–Crippen LogP) is 4.19. The summed E-state index contributed by atoms with van der Waals surface area (Å²) in [4.78, 5) is 13.0. The Hall–Kier alpha value is -3.37. The molecule has 0 saturated carbocycles. The number of hydrogen-bond donors (Lipinski definition) is 3. The molecule has 29 heavy (non-hydrogen) atoms. The van der Waals surface area contributed by atoms with Gasteiger partial charge < -0.3 is 15.5 Å². The van der Waals surface area contributed by atoms with Crippen LogP contribution in [0.1, 0.15) is 22.3 Å². The lowest BCUT2D eigenvalue weighted by molar-refractivity contribution is -0.112. The molecule has 4 nitrogen and oxygen atoms in total. The Labute approximate surface area is 171 Å². The third-order valence-corrected chi connectivity index (χ3v) is 4.83. The van der Waals surface area contributed by atoms with Gasteiger partial charge in [0.15, 0.2) is 5.78 Å². The lowest BCUT2D eigenvalue weighted by Crippen LogP contribution is -2.32. The fraction of sp³-hybridized carbons (Fsp3) is 0.160. The van der Waals surface area contributed by atoms with Crippen molar-refractivity contribution in [1.29, 1.82) is 0 Å². The predicted molar refractivity (Wildman–Crippen MR) is 118 cm³/mol. The number of nitrogens with one attached hydrogen (secondary N) is 1. The molecule has 0 bridgehead atoms. The molecule has 0 unspecified atom stereocenters.